The number of hydrogen-bond acceptors (Lipinski definition) is 3. The Morgan fingerprint density at radius 3 is 2.11 bits per heavy atom. The lowest BCUT2D eigenvalue weighted by Gasteiger charge is -2.34. The van der Waals surface area contributed by atoms with E-state index in [0.717, 1.165) is 22.3 Å². The van der Waals surface area contributed by atoms with E-state index in [-0.39, 0.29) is 23.4 Å². The second-order valence-electron chi connectivity index (χ2n) is 10.1. The van der Waals surface area contributed by atoms with Crippen molar-refractivity contribution in [2.75, 3.05) is 5.75 Å². The molecule has 1 unspecified atom stereocenters. The summed E-state index contributed by atoms with van der Waals surface area (Å²) in [5.41, 5.74) is 3.62. The Hall–Kier alpha value is -3.12. The van der Waals surface area contributed by atoms with Crippen LogP contribution in [0.5, 0.6) is 0 Å². The van der Waals surface area contributed by atoms with Gasteiger partial charge in [0.25, 0.3) is 0 Å². The van der Waals surface area contributed by atoms with Gasteiger partial charge < -0.3 is 10.2 Å². The molecule has 0 aliphatic rings. The van der Waals surface area contributed by atoms with E-state index in [1.165, 1.54) is 23.9 Å². The van der Waals surface area contributed by atoms with Gasteiger partial charge in [0.05, 0.1) is 5.75 Å². The number of carbonyl (C=O) groups is 2. The lowest BCUT2D eigenvalue weighted by atomic mass is 10.0. The van der Waals surface area contributed by atoms with Crippen LogP contribution in [0.15, 0.2) is 78.9 Å². The van der Waals surface area contributed by atoms with E-state index in [9.17, 15) is 14.0 Å². The summed E-state index contributed by atoms with van der Waals surface area (Å²) in [5.74, 6) is 0.250. The van der Waals surface area contributed by atoms with Gasteiger partial charge in [0.2, 0.25) is 11.8 Å². The maximum absolute atomic E-state index is 13.6. The predicted molar refractivity (Wildman–Crippen MR) is 146 cm³/mol. The maximum Gasteiger partial charge on any atom is 0.243 e. The van der Waals surface area contributed by atoms with Crippen molar-refractivity contribution in [1.29, 1.82) is 0 Å². The molecule has 0 bridgehead atoms. The van der Waals surface area contributed by atoms with Crippen LogP contribution in [-0.2, 0) is 28.3 Å². The highest BCUT2D eigenvalue weighted by Crippen LogP contribution is 2.19. The summed E-state index contributed by atoms with van der Waals surface area (Å²) in [4.78, 5) is 28.9. The minimum Gasteiger partial charge on any atom is -0.350 e. The molecule has 0 fully saturated rings. The van der Waals surface area contributed by atoms with E-state index < -0.39 is 11.6 Å². The fourth-order valence-electron chi connectivity index (χ4n) is 3.82. The summed E-state index contributed by atoms with van der Waals surface area (Å²) in [6.07, 6.45) is 0.420. The van der Waals surface area contributed by atoms with Crippen molar-refractivity contribution in [2.45, 2.75) is 58.0 Å². The molecule has 0 spiro atoms. The molecule has 2 amide bonds. The van der Waals surface area contributed by atoms with Crippen LogP contribution in [0.2, 0.25) is 0 Å². The van der Waals surface area contributed by atoms with E-state index in [1.807, 2.05) is 82.3 Å². The zero-order valence-corrected chi connectivity index (χ0v) is 22.3. The van der Waals surface area contributed by atoms with Gasteiger partial charge in [-0.3, -0.25) is 9.59 Å². The summed E-state index contributed by atoms with van der Waals surface area (Å²) in [6.45, 7) is 8.18. The van der Waals surface area contributed by atoms with Gasteiger partial charge in [-0.2, -0.15) is 0 Å². The number of thioether (sulfide) groups is 1. The summed E-state index contributed by atoms with van der Waals surface area (Å²) >= 11 is 1.46. The quantitative estimate of drug-likeness (QED) is 0.371. The Bertz CT molecular complexity index is 1130. The molecule has 0 radical (unpaired) electrons. The first kappa shape index (κ1) is 27.5. The molecule has 0 saturated carbocycles. The molecule has 6 heteroatoms. The molecule has 3 rings (SSSR count). The van der Waals surface area contributed by atoms with Crippen molar-refractivity contribution in [1.82, 2.24) is 10.2 Å². The highest BCUT2D eigenvalue weighted by atomic mass is 32.2. The first-order chi connectivity index (χ1) is 17.1. The second kappa shape index (κ2) is 12.7. The van der Waals surface area contributed by atoms with Crippen molar-refractivity contribution in [3.8, 4) is 0 Å². The number of rotatable bonds is 10. The van der Waals surface area contributed by atoms with Crippen LogP contribution in [-0.4, -0.2) is 34.0 Å². The topological polar surface area (TPSA) is 49.4 Å². The van der Waals surface area contributed by atoms with Crippen molar-refractivity contribution >= 4 is 23.6 Å². The zero-order chi connectivity index (χ0) is 26.1. The Morgan fingerprint density at radius 1 is 0.889 bits per heavy atom. The number of hydrogen-bond donors (Lipinski definition) is 1. The van der Waals surface area contributed by atoms with Gasteiger partial charge in [0, 0.05) is 24.3 Å². The highest BCUT2D eigenvalue weighted by Gasteiger charge is 2.32. The molecule has 36 heavy (non-hydrogen) atoms. The van der Waals surface area contributed by atoms with Gasteiger partial charge >= 0.3 is 0 Å². The molecule has 3 aromatic carbocycles. The minimum absolute atomic E-state index is 0.104. The van der Waals surface area contributed by atoms with E-state index in [2.05, 4.69) is 5.32 Å². The van der Waals surface area contributed by atoms with E-state index in [1.54, 1.807) is 17.0 Å². The molecule has 1 atom stereocenters. The molecule has 0 aliphatic heterocycles. The number of aryl methyl sites for hydroxylation is 1. The zero-order valence-electron chi connectivity index (χ0n) is 21.5. The third kappa shape index (κ3) is 8.83. The van der Waals surface area contributed by atoms with Crippen LogP contribution in [0.3, 0.4) is 0 Å². The second-order valence-corrected chi connectivity index (χ2v) is 11.1. The van der Waals surface area contributed by atoms with Crippen LogP contribution in [0.4, 0.5) is 4.39 Å². The summed E-state index contributed by atoms with van der Waals surface area (Å²) in [6, 6.07) is 23.5. The monoisotopic (exact) mass is 506 g/mol. The van der Waals surface area contributed by atoms with Crippen molar-refractivity contribution in [2.24, 2.45) is 0 Å². The van der Waals surface area contributed by atoms with E-state index >= 15 is 0 Å². The fourth-order valence-corrected chi connectivity index (χ4v) is 4.69. The van der Waals surface area contributed by atoms with Gasteiger partial charge in [0.15, 0.2) is 0 Å². The Labute approximate surface area is 218 Å². The Morgan fingerprint density at radius 2 is 1.50 bits per heavy atom. The normalized spacial score (nSPS) is 12.1. The number of carbonyl (C=O) groups excluding carboxylic acids is 2. The molecule has 3 aromatic rings. The SMILES string of the molecule is Cc1ccc(CN(C(=O)CSCc2ccc(F)cc2)C(Cc2ccccc2)C(=O)NC(C)(C)C)cc1. The summed E-state index contributed by atoms with van der Waals surface area (Å²) in [7, 11) is 0. The minimum atomic E-state index is -0.660. The number of amides is 2. The van der Waals surface area contributed by atoms with Gasteiger partial charge in [-0.15, -0.1) is 11.8 Å². The Balaban J connectivity index is 1.85. The highest BCUT2D eigenvalue weighted by molar-refractivity contribution is 7.99. The van der Waals surface area contributed by atoms with Gasteiger partial charge in [-0.25, -0.2) is 4.39 Å². The van der Waals surface area contributed by atoms with Gasteiger partial charge in [-0.05, 0) is 56.5 Å². The molecular weight excluding hydrogens is 471 g/mol. The molecular formula is C30H35FN2O2S. The molecule has 0 aromatic heterocycles. The first-order valence-corrected chi connectivity index (χ1v) is 13.3. The third-order valence-electron chi connectivity index (χ3n) is 5.65. The largest absolute Gasteiger partial charge is 0.350 e. The lowest BCUT2D eigenvalue weighted by molar-refractivity contribution is -0.140. The average molecular weight is 507 g/mol. The van der Waals surface area contributed by atoms with E-state index in [0.29, 0.717) is 18.7 Å². The number of benzene rings is 3. The predicted octanol–water partition coefficient (Wildman–Crippen LogP) is 5.92. The lowest BCUT2D eigenvalue weighted by Crippen LogP contribution is -2.54. The van der Waals surface area contributed by atoms with Crippen molar-refractivity contribution in [3.05, 3.63) is 107 Å². The molecule has 1 N–H and O–H groups in total. The number of nitrogens with one attached hydrogen (secondary N) is 1. The molecule has 190 valence electrons. The van der Waals surface area contributed by atoms with Crippen LogP contribution in [0.25, 0.3) is 0 Å². The molecule has 0 saturated heterocycles. The average Bonchev–Trinajstić information content (AvgIpc) is 2.83. The van der Waals surface area contributed by atoms with Crippen LogP contribution in [0.1, 0.15) is 43.0 Å². The van der Waals surface area contributed by atoms with Crippen molar-refractivity contribution < 1.29 is 14.0 Å². The number of nitrogens with zero attached hydrogens (tertiary/aromatic N) is 1. The standard InChI is InChI=1S/C30H35FN2O2S/c1-22-10-12-24(13-11-22)19-33(28(34)21-36-20-25-14-16-26(31)17-15-25)27(29(35)32-30(2,3)4)18-23-8-6-5-7-9-23/h5-17,27H,18-21H2,1-4H3,(H,32,35). The van der Waals surface area contributed by atoms with Crippen LogP contribution < -0.4 is 5.32 Å². The third-order valence-corrected chi connectivity index (χ3v) is 6.64. The molecule has 4 nitrogen and oxygen atoms in total. The maximum atomic E-state index is 13.6. The fraction of sp³-hybridized carbons (Fsp3) is 0.333. The molecule has 0 heterocycles. The van der Waals surface area contributed by atoms with Crippen LogP contribution >= 0.6 is 11.8 Å². The smallest absolute Gasteiger partial charge is 0.243 e. The van der Waals surface area contributed by atoms with Gasteiger partial charge in [0.1, 0.15) is 11.9 Å². The van der Waals surface area contributed by atoms with Crippen LogP contribution in [0, 0.1) is 12.7 Å². The number of halogens is 1. The molecule has 0 aliphatic carbocycles. The van der Waals surface area contributed by atoms with E-state index in [4.69, 9.17) is 0 Å². The first-order valence-electron chi connectivity index (χ1n) is 12.1. The van der Waals surface area contributed by atoms with Gasteiger partial charge in [-0.1, -0.05) is 72.3 Å². The summed E-state index contributed by atoms with van der Waals surface area (Å²) < 4.78 is 13.2. The van der Waals surface area contributed by atoms with Crippen molar-refractivity contribution in [3.63, 3.8) is 0 Å². The Kier molecular flexibility index (Phi) is 9.71. The summed E-state index contributed by atoms with van der Waals surface area (Å²) in [5, 5.41) is 3.08.